The molecule has 5 nitrogen and oxygen atoms in total. The van der Waals surface area contributed by atoms with Crippen LogP contribution in [0, 0.1) is 17.0 Å². The van der Waals surface area contributed by atoms with Crippen LogP contribution in [0.1, 0.15) is 5.56 Å². The summed E-state index contributed by atoms with van der Waals surface area (Å²) < 4.78 is 5.56. The fourth-order valence-electron chi connectivity index (χ4n) is 1.44. The molecule has 80 valence electrons. The van der Waals surface area contributed by atoms with Gasteiger partial charge in [0.25, 0.3) is 5.69 Å². The maximum atomic E-state index is 10.6. The maximum Gasteiger partial charge on any atom is 0.273 e. The number of aryl methyl sites for hydroxylation is 1. The van der Waals surface area contributed by atoms with Crippen LogP contribution in [0.15, 0.2) is 18.2 Å². The van der Waals surface area contributed by atoms with E-state index in [1.165, 1.54) is 12.1 Å². The molecule has 0 amide bonds. The molecule has 0 aromatic heterocycles. The first-order valence-corrected chi connectivity index (χ1v) is 4.78. The minimum Gasteiger partial charge on any atom is -0.488 e. The number of non-ortho nitro benzene ring substituents is 1. The van der Waals surface area contributed by atoms with E-state index in [0.717, 1.165) is 18.7 Å². The Bertz CT molecular complexity index is 388. The Morgan fingerprint density at radius 3 is 2.73 bits per heavy atom. The number of benzene rings is 1. The van der Waals surface area contributed by atoms with Gasteiger partial charge in [0, 0.05) is 19.2 Å². The van der Waals surface area contributed by atoms with E-state index in [1.54, 1.807) is 0 Å². The first-order valence-electron chi connectivity index (χ1n) is 4.78. The summed E-state index contributed by atoms with van der Waals surface area (Å²) in [5, 5.41) is 13.7. The SMILES string of the molecule is Cc1cc(OC2CNC2)cc([N+](=O)[O-])c1. The highest BCUT2D eigenvalue weighted by Gasteiger charge is 2.19. The van der Waals surface area contributed by atoms with E-state index in [4.69, 9.17) is 4.74 Å². The lowest BCUT2D eigenvalue weighted by atomic mass is 10.2. The Kier molecular flexibility index (Phi) is 2.55. The third-order valence-corrected chi connectivity index (χ3v) is 2.29. The number of hydrogen-bond acceptors (Lipinski definition) is 4. The van der Waals surface area contributed by atoms with E-state index >= 15 is 0 Å². The van der Waals surface area contributed by atoms with Gasteiger partial charge in [0.2, 0.25) is 0 Å². The van der Waals surface area contributed by atoms with Gasteiger partial charge in [0.15, 0.2) is 0 Å². The standard InChI is InChI=1S/C10H12N2O3/c1-7-2-8(12(13)14)4-9(3-7)15-10-5-11-6-10/h2-4,10-11H,5-6H2,1H3. The van der Waals surface area contributed by atoms with E-state index in [9.17, 15) is 10.1 Å². The quantitative estimate of drug-likeness (QED) is 0.599. The van der Waals surface area contributed by atoms with Gasteiger partial charge in [0.05, 0.1) is 11.0 Å². The molecule has 1 fully saturated rings. The zero-order chi connectivity index (χ0) is 10.8. The van der Waals surface area contributed by atoms with Crippen molar-refractivity contribution < 1.29 is 9.66 Å². The van der Waals surface area contributed by atoms with Crippen molar-refractivity contribution in [1.82, 2.24) is 5.32 Å². The van der Waals surface area contributed by atoms with Crippen LogP contribution in [0.4, 0.5) is 5.69 Å². The van der Waals surface area contributed by atoms with Crippen LogP contribution in [0.25, 0.3) is 0 Å². The molecule has 0 saturated carbocycles. The summed E-state index contributed by atoms with van der Waals surface area (Å²) in [4.78, 5) is 10.2. The second-order valence-electron chi connectivity index (χ2n) is 3.66. The Balaban J connectivity index is 2.18. The molecule has 1 aromatic carbocycles. The monoisotopic (exact) mass is 208 g/mol. The molecular weight excluding hydrogens is 196 g/mol. The third kappa shape index (κ3) is 2.24. The van der Waals surface area contributed by atoms with Crippen molar-refractivity contribution in [2.75, 3.05) is 13.1 Å². The zero-order valence-corrected chi connectivity index (χ0v) is 8.40. The highest BCUT2D eigenvalue weighted by Crippen LogP contribution is 2.23. The largest absolute Gasteiger partial charge is 0.488 e. The molecule has 0 aliphatic carbocycles. The topological polar surface area (TPSA) is 64.4 Å². The predicted octanol–water partition coefficient (Wildman–Crippen LogP) is 1.25. The van der Waals surface area contributed by atoms with Gasteiger partial charge in [-0.05, 0) is 18.6 Å². The number of rotatable bonds is 3. The second kappa shape index (κ2) is 3.86. The van der Waals surface area contributed by atoms with Gasteiger partial charge < -0.3 is 10.1 Å². The van der Waals surface area contributed by atoms with E-state index in [1.807, 2.05) is 13.0 Å². The third-order valence-electron chi connectivity index (χ3n) is 2.29. The van der Waals surface area contributed by atoms with Gasteiger partial charge in [-0.3, -0.25) is 10.1 Å². The Morgan fingerprint density at radius 2 is 2.20 bits per heavy atom. The lowest BCUT2D eigenvalue weighted by Gasteiger charge is -2.27. The predicted molar refractivity (Wildman–Crippen MR) is 55.1 cm³/mol. The molecule has 0 radical (unpaired) electrons. The highest BCUT2D eigenvalue weighted by molar-refractivity contribution is 5.42. The van der Waals surface area contributed by atoms with Crippen molar-refractivity contribution in [2.24, 2.45) is 0 Å². The van der Waals surface area contributed by atoms with E-state index in [-0.39, 0.29) is 11.8 Å². The summed E-state index contributed by atoms with van der Waals surface area (Å²) in [5.74, 6) is 0.577. The van der Waals surface area contributed by atoms with Gasteiger partial charge in [-0.25, -0.2) is 0 Å². The van der Waals surface area contributed by atoms with E-state index < -0.39 is 4.92 Å². The Morgan fingerprint density at radius 1 is 1.47 bits per heavy atom. The maximum absolute atomic E-state index is 10.6. The smallest absolute Gasteiger partial charge is 0.273 e. The average molecular weight is 208 g/mol. The van der Waals surface area contributed by atoms with Crippen LogP contribution in [0.2, 0.25) is 0 Å². The number of nitro benzene ring substituents is 1. The minimum atomic E-state index is -0.404. The molecule has 1 heterocycles. The van der Waals surface area contributed by atoms with Gasteiger partial charge >= 0.3 is 0 Å². The average Bonchev–Trinajstić information content (AvgIpc) is 2.10. The molecule has 15 heavy (non-hydrogen) atoms. The number of nitrogens with zero attached hydrogens (tertiary/aromatic N) is 1. The molecule has 5 heteroatoms. The number of nitrogens with one attached hydrogen (secondary N) is 1. The first-order chi connectivity index (χ1) is 7.15. The van der Waals surface area contributed by atoms with Crippen molar-refractivity contribution in [1.29, 1.82) is 0 Å². The fourth-order valence-corrected chi connectivity index (χ4v) is 1.44. The highest BCUT2D eigenvalue weighted by atomic mass is 16.6. The molecular formula is C10H12N2O3. The lowest BCUT2D eigenvalue weighted by molar-refractivity contribution is -0.385. The van der Waals surface area contributed by atoms with E-state index in [0.29, 0.717) is 5.75 Å². The zero-order valence-electron chi connectivity index (χ0n) is 8.40. The van der Waals surface area contributed by atoms with Crippen LogP contribution in [-0.2, 0) is 0 Å². The van der Waals surface area contributed by atoms with E-state index in [2.05, 4.69) is 5.32 Å². The van der Waals surface area contributed by atoms with Crippen molar-refractivity contribution in [3.8, 4) is 5.75 Å². The summed E-state index contributed by atoms with van der Waals surface area (Å²) in [6.45, 7) is 3.43. The lowest BCUT2D eigenvalue weighted by Crippen LogP contribution is -2.50. The van der Waals surface area contributed by atoms with Crippen molar-refractivity contribution >= 4 is 5.69 Å². The minimum absolute atomic E-state index is 0.0808. The number of ether oxygens (including phenoxy) is 1. The van der Waals surface area contributed by atoms with Gasteiger partial charge in [-0.1, -0.05) is 0 Å². The Hall–Kier alpha value is -1.62. The fraction of sp³-hybridized carbons (Fsp3) is 0.400. The number of hydrogen-bond donors (Lipinski definition) is 1. The molecule has 0 spiro atoms. The Labute approximate surface area is 87.2 Å². The number of nitro groups is 1. The molecule has 0 unspecified atom stereocenters. The second-order valence-corrected chi connectivity index (χ2v) is 3.66. The van der Waals surface area contributed by atoms with Gasteiger partial charge in [-0.2, -0.15) is 0 Å². The van der Waals surface area contributed by atoms with Gasteiger partial charge in [-0.15, -0.1) is 0 Å². The van der Waals surface area contributed by atoms with Crippen molar-refractivity contribution in [3.63, 3.8) is 0 Å². The molecule has 1 aromatic rings. The molecule has 0 atom stereocenters. The van der Waals surface area contributed by atoms with Gasteiger partial charge in [0.1, 0.15) is 11.9 Å². The molecule has 1 N–H and O–H groups in total. The van der Waals surface area contributed by atoms with Crippen LogP contribution in [-0.4, -0.2) is 24.1 Å². The van der Waals surface area contributed by atoms with Crippen LogP contribution >= 0.6 is 0 Å². The van der Waals surface area contributed by atoms with Crippen LogP contribution < -0.4 is 10.1 Å². The summed E-state index contributed by atoms with van der Waals surface area (Å²) in [6.07, 6.45) is 0.145. The summed E-state index contributed by atoms with van der Waals surface area (Å²) in [7, 11) is 0. The molecule has 1 aliphatic heterocycles. The summed E-state index contributed by atoms with van der Waals surface area (Å²) in [6, 6.07) is 4.81. The van der Waals surface area contributed by atoms with Crippen molar-refractivity contribution in [2.45, 2.75) is 13.0 Å². The molecule has 1 aliphatic rings. The normalized spacial score (nSPS) is 15.8. The first kappa shape index (κ1) is 9.92. The van der Waals surface area contributed by atoms with Crippen molar-refractivity contribution in [3.05, 3.63) is 33.9 Å². The summed E-state index contributed by atoms with van der Waals surface area (Å²) in [5.41, 5.74) is 0.920. The van der Waals surface area contributed by atoms with Crippen LogP contribution in [0.5, 0.6) is 5.75 Å². The molecule has 0 bridgehead atoms. The summed E-state index contributed by atoms with van der Waals surface area (Å²) >= 11 is 0. The van der Waals surface area contributed by atoms with Crippen LogP contribution in [0.3, 0.4) is 0 Å². The molecule has 2 rings (SSSR count). The molecule has 1 saturated heterocycles.